The minimum atomic E-state index is 0.567. The van der Waals surface area contributed by atoms with Crippen molar-refractivity contribution in [2.75, 3.05) is 6.54 Å². The van der Waals surface area contributed by atoms with Crippen LogP contribution in [-0.4, -0.2) is 6.54 Å². The highest BCUT2D eigenvalue weighted by molar-refractivity contribution is 5.36. The Balaban J connectivity index is 2.03. The second-order valence-electron chi connectivity index (χ2n) is 5.88. The molecule has 1 atom stereocenters. The lowest BCUT2D eigenvalue weighted by atomic mass is 9.97. The topological polar surface area (TPSA) is 12.0 Å². The zero-order valence-corrected chi connectivity index (χ0v) is 12.7. The van der Waals surface area contributed by atoms with E-state index in [2.05, 4.69) is 37.4 Å². The van der Waals surface area contributed by atoms with Crippen molar-refractivity contribution >= 4 is 0 Å². The van der Waals surface area contributed by atoms with Crippen LogP contribution in [-0.2, 0) is 12.8 Å². The van der Waals surface area contributed by atoms with Gasteiger partial charge in [0.25, 0.3) is 0 Å². The quantitative estimate of drug-likeness (QED) is 0.661. The average Bonchev–Trinajstić information content (AvgIpc) is 2.90. The molecule has 1 aliphatic rings. The summed E-state index contributed by atoms with van der Waals surface area (Å²) >= 11 is 0. The molecule has 1 aromatic rings. The molecule has 0 aromatic heterocycles. The molecule has 1 nitrogen and oxygen atoms in total. The molecule has 0 bridgehead atoms. The maximum atomic E-state index is 3.74. The maximum absolute atomic E-state index is 3.74. The van der Waals surface area contributed by atoms with Crippen LogP contribution in [0.4, 0.5) is 0 Å². The molecule has 1 heteroatoms. The Morgan fingerprint density at radius 2 is 1.89 bits per heavy atom. The van der Waals surface area contributed by atoms with Crippen LogP contribution in [0.15, 0.2) is 18.2 Å². The molecule has 0 heterocycles. The van der Waals surface area contributed by atoms with Crippen molar-refractivity contribution in [2.45, 2.75) is 71.3 Å². The van der Waals surface area contributed by atoms with E-state index in [1.807, 2.05) is 0 Å². The molecule has 19 heavy (non-hydrogen) atoms. The molecule has 106 valence electrons. The molecular weight excluding hydrogens is 230 g/mol. The highest BCUT2D eigenvalue weighted by Crippen LogP contribution is 2.27. The summed E-state index contributed by atoms with van der Waals surface area (Å²) < 4.78 is 0. The van der Waals surface area contributed by atoms with Crippen molar-refractivity contribution in [1.82, 2.24) is 5.32 Å². The highest BCUT2D eigenvalue weighted by Gasteiger charge is 2.15. The Bertz CT molecular complexity index is 383. The number of fused-ring (bicyclic) bond motifs is 1. The minimum Gasteiger partial charge on any atom is -0.310 e. The van der Waals surface area contributed by atoms with Crippen LogP contribution in [0.1, 0.15) is 75.1 Å². The monoisotopic (exact) mass is 259 g/mol. The Morgan fingerprint density at radius 3 is 2.68 bits per heavy atom. The number of hydrogen-bond acceptors (Lipinski definition) is 1. The van der Waals surface area contributed by atoms with Gasteiger partial charge in [-0.3, -0.25) is 0 Å². The van der Waals surface area contributed by atoms with Gasteiger partial charge in [-0.1, -0.05) is 51.3 Å². The zero-order chi connectivity index (χ0) is 13.5. The van der Waals surface area contributed by atoms with Gasteiger partial charge in [-0.2, -0.15) is 0 Å². The molecule has 0 saturated carbocycles. The third-order valence-electron chi connectivity index (χ3n) is 4.26. The summed E-state index contributed by atoms with van der Waals surface area (Å²) in [5.41, 5.74) is 4.72. The van der Waals surface area contributed by atoms with Crippen LogP contribution in [0.3, 0.4) is 0 Å². The molecule has 2 rings (SSSR count). The van der Waals surface area contributed by atoms with Crippen molar-refractivity contribution in [2.24, 2.45) is 0 Å². The molecule has 0 saturated heterocycles. The fraction of sp³-hybridized carbons (Fsp3) is 0.667. The van der Waals surface area contributed by atoms with Crippen LogP contribution >= 0.6 is 0 Å². The number of benzene rings is 1. The van der Waals surface area contributed by atoms with Gasteiger partial charge in [-0.15, -0.1) is 0 Å². The molecule has 0 amide bonds. The molecule has 0 radical (unpaired) electrons. The average molecular weight is 259 g/mol. The number of rotatable bonds is 8. The van der Waals surface area contributed by atoms with E-state index in [0.717, 1.165) is 6.54 Å². The van der Waals surface area contributed by atoms with Crippen LogP contribution in [0.25, 0.3) is 0 Å². The minimum absolute atomic E-state index is 0.567. The van der Waals surface area contributed by atoms with Gasteiger partial charge in [0.2, 0.25) is 0 Å². The van der Waals surface area contributed by atoms with Crippen molar-refractivity contribution < 1.29 is 0 Å². The predicted molar refractivity (Wildman–Crippen MR) is 83.6 cm³/mol. The summed E-state index contributed by atoms with van der Waals surface area (Å²) in [6, 6.07) is 7.78. The first-order valence-electron chi connectivity index (χ1n) is 8.20. The predicted octanol–water partition coefficient (Wildman–Crippen LogP) is 4.80. The van der Waals surface area contributed by atoms with Crippen LogP contribution in [0, 0.1) is 0 Å². The van der Waals surface area contributed by atoms with E-state index in [0.29, 0.717) is 6.04 Å². The SMILES string of the molecule is CCCCCC(NCCC)c1ccc2c(c1)CCC2. The molecule has 0 aliphatic heterocycles. The van der Waals surface area contributed by atoms with E-state index in [9.17, 15) is 0 Å². The van der Waals surface area contributed by atoms with E-state index in [1.165, 1.54) is 56.9 Å². The van der Waals surface area contributed by atoms with E-state index in [1.54, 1.807) is 11.1 Å². The number of nitrogens with one attached hydrogen (secondary N) is 1. The molecule has 1 N–H and O–H groups in total. The molecule has 1 aliphatic carbocycles. The van der Waals surface area contributed by atoms with Gasteiger partial charge in [0, 0.05) is 6.04 Å². The van der Waals surface area contributed by atoms with Gasteiger partial charge in [-0.05, 0) is 55.3 Å². The Labute approximate surface area is 118 Å². The molecule has 0 fully saturated rings. The largest absolute Gasteiger partial charge is 0.310 e. The summed E-state index contributed by atoms with van der Waals surface area (Å²) in [4.78, 5) is 0. The van der Waals surface area contributed by atoms with Crippen molar-refractivity contribution in [3.8, 4) is 0 Å². The molecular formula is C18H29N. The molecule has 1 unspecified atom stereocenters. The van der Waals surface area contributed by atoms with Crippen LogP contribution < -0.4 is 5.32 Å². The zero-order valence-electron chi connectivity index (χ0n) is 12.7. The first kappa shape index (κ1) is 14.6. The van der Waals surface area contributed by atoms with Gasteiger partial charge in [-0.25, -0.2) is 0 Å². The van der Waals surface area contributed by atoms with Gasteiger partial charge in [0.1, 0.15) is 0 Å². The maximum Gasteiger partial charge on any atom is 0.0320 e. The van der Waals surface area contributed by atoms with Gasteiger partial charge < -0.3 is 5.32 Å². The Hall–Kier alpha value is -0.820. The number of hydrogen-bond donors (Lipinski definition) is 1. The normalized spacial score (nSPS) is 15.5. The lowest BCUT2D eigenvalue weighted by Crippen LogP contribution is -2.22. The Kier molecular flexibility index (Phi) is 5.91. The fourth-order valence-electron chi connectivity index (χ4n) is 3.11. The van der Waals surface area contributed by atoms with Crippen LogP contribution in [0.2, 0.25) is 0 Å². The third-order valence-corrected chi connectivity index (χ3v) is 4.26. The molecule has 1 aromatic carbocycles. The first-order chi connectivity index (χ1) is 9.35. The second-order valence-corrected chi connectivity index (χ2v) is 5.88. The van der Waals surface area contributed by atoms with Gasteiger partial charge in [0.05, 0.1) is 0 Å². The van der Waals surface area contributed by atoms with E-state index in [-0.39, 0.29) is 0 Å². The second kappa shape index (κ2) is 7.69. The van der Waals surface area contributed by atoms with Gasteiger partial charge >= 0.3 is 0 Å². The van der Waals surface area contributed by atoms with Crippen molar-refractivity contribution in [1.29, 1.82) is 0 Å². The lowest BCUT2D eigenvalue weighted by molar-refractivity contribution is 0.474. The standard InChI is InChI=1S/C18H29N/c1-3-5-6-10-18(19-13-4-2)17-12-11-15-8-7-9-16(15)14-17/h11-12,14,18-19H,3-10,13H2,1-2H3. The Morgan fingerprint density at radius 1 is 1.05 bits per heavy atom. The summed E-state index contributed by atoms with van der Waals surface area (Å²) in [6.45, 7) is 5.66. The van der Waals surface area contributed by atoms with E-state index >= 15 is 0 Å². The smallest absolute Gasteiger partial charge is 0.0320 e. The van der Waals surface area contributed by atoms with Crippen molar-refractivity contribution in [3.05, 3.63) is 34.9 Å². The first-order valence-corrected chi connectivity index (χ1v) is 8.20. The fourth-order valence-corrected chi connectivity index (χ4v) is 3.11. The van der Waals surface area contributed by atoms with Crippen molar-refractivity contribution in [3.63, 3.8) is 0 Å². The molecule has 0 spiro atoms. The van der Waals surface area contributed by atoms with E-state index < -0.39 is 0 Å². The highest BCUT2D eigenvalue weighted by atomic mass is 14.9. The summed E-state index contributed by atoms with van der Waals surface area (Å²) in [5, 5.41) is 3.74. The summed E-state index contributed by atoms with van der Waals surface area (Å²) in [7, 11) is 0. The van der Waals surface area contributed by atoms with E-state index in [4.69, 9.17) is 0 Å². The summed E-state index contributed by atoms with van der Waals surface area (Å²) in [5.74, 6) is 0. The third kappa shape index (κ3) is 4.07. The number of aryl methyl sites for hydroxylation is 2. The lowest BCUT2D eigenvalue weighted by Gasteiger charge is -2.20. The summed E-state index contributed by atoms with van der Waals surface area (Å²) in [6.07, 6.45) is 10.4. The van der Waals surface area contributed by atoms with Crippen LogP contribution in [0.5, 0.6) is 0 Å². The number of unbranched alkanes of at least 4 members (excludes halogenated alkanes) is 2. The van der Waals surface area contributed by atoms with Gasteiger partial charge in [0.15, 0.2) is 0 Å².